The molecule has 0 atom stereocenters. The van der Waals surface area contributed by atoms with Gasteiger partial charge in [-0.25, -0.2) is 0 Å². The van der Waals surface area contributed by atoms with Crippen molar-refractivity contribution in [2.75, 3.05) is 11.5 Å². The van der Waals surface area contributed by atoms with Gasteiger partial charge in [0.25, 0.3) is 0 Å². The molecule has 0 saturated carbocycles. The van der Waals surface area contributed by atoms with Gasteiger partial charge in [-0.2, -0.15) is 0 Å². The summed E-state index contributed by atoms with van der Waals surface area (Å²) in [6.07, 6.45) is 4.24. The average molecular weight is 364 g/mol. The lowest BCUT2D eigenvalue weighted by Gasteiger charge is -2.02. The van der Waals surface area contributed by atoms with Crippen LogP contribution in [0.25, 0.3) is 23.3 Å². The van der Waals surface area contributed by atoms with Crippen LogP contribution in [0.4, 0.5) is 11.4 Å². The Morgan fingerprint density at radius 3 is 1.04 bits per heavy atom. The molecule has 0 fully saturated rings. The lowest BCUT2D eigenvalue weighted by molar-refractivity contribution is 1.61. The van der Waals surface area contributed by atoms with Gasteiger partial charge in [0.2, 0.25) is 0 Å². The quantitative estimate of drug-likeness (QED) is 0.327. The van der Waals surface area contributed by atoms with Gasteiger partial charge in [0.15, 0.2) is 0 Å². The first-order chi connectivity index (χ1) is 13.7. The van der Waals surface area contributed by atoms with Crippen LogP contribution < -0.4 is 11.5 Å². The van der Waals surface area contributed by atoms with Gasteiger partial charge in [0.1, 0.15) is 0 Å². The molecule has 2 heteroatoms. The summed E-state index contributed by atoms with van der Waals surface area (Å²) >= 11 is 0. The summed E-state index contributed by atoms with van der Waals surface area (Å²) in [5.74, 6) is 0. The highest BCUT2D eigenvalue weighted by molar-refractivity contribution is 5.69. The van der Waals surface area contributed by atoms with Gasteiger partial charge in [-0.15, -0.1) is 0 Å². The normalized spacial score (nSPS) is 10.3. The van der Waals surface area contributed by atoms with Crippen molar-refractivity contribution in [3.63, 3.8) is 0 Å². The SMILES string of the molecule is C(=Cc1ccccc1)c1ccccc1.Nc1ccc(-c2ccc(N)cc2)cc1. The van der Waals surface area contributed by atoms with E-state index in [1.54, 1.807) is 0 Å². The zero-order chi connectivity index (χ0) is 19.6. The van der Waals surface area contributed by atoms with E-state index in [9.17, 15) is 0 Å². The Bertz CT molecular complexity index is 903. The third kappa shape index (κ3) is 5.89. The third-order valence-corrected chi connectivity index (χ3v) is 4.22. The minimum atomic E-state index is 0.782. The molecule has 2 nitrogen and oxygen atoms in total. The molecule has 4 aromatic carbocycles. The first kappa shape index (κ1) is 19.0. The summed E-state index contributed by atoms with van der Waals surface area (Å²) in [5, 5.41) is 0. The van der Waals surface area contributed by atoms with E-state index in [-0.39, 0.29) is 0 Å². The number of hydrogen-bond acceptors (Lipinski definition) is 2. The number of nitrogen functional groups attached to an aromatic ring is 2. The highest BCUT2D eigenvalue weighted by atomic mass is 14.5. The Morgan fingerprint density at radius 2 is 0.714 bits per heavy atom. The summed E-state index contributed by atoms with van der Waals surface area (Å²) in [6, 6.07) is 36.2. The summed E-state index contributed by atoms with van der Waals surface area (Å²) in [7, 11) is 0. The third-order valence-electron chi connectivity index (χ3n) is 4.22. The molecule has 0 aromatic heterocycles. The molecule has 0 unspecified atom stereocenters. The number of anilines is 2. The molecule has 0 spiro atoms. The molecule has 4 aromatic rings. The molecule has 0 aliphatic rings. The number of hydrogen-bond donors (Lipinski definition) is 2. The maximum absolute atomic E-state index is 5.61. The van der Waals surface area contributed by atoms with E-state index in [0.717, 1.165) is 22.5 Å². The van der Waals surface area contributed by atoms with Crippen LogP contribution in [0.3, 0.4) is 0 Å². The van der Waals surface area contributed by atoms with Gasteiger partial charge in [-0.05, 0) is 46.5 Å². The Morgan fingerprint density at radius 1 is 0.393 bits per heavy atom. The maximum Gasteiger partial charge on any atom is 0.0314 e. The Hall–Kier alpha value is -3.78. The van der Waals surface area contributed by atoms with Crippen molar-refractivity contribution in [2.24, 2.45) is 0 Å². The zero-order valence-corrected chi connectivity index (χ0v) is 15.7. The van der Waals surface area contributed by atoms with Gasteiger partial charge in [0, 0.05) is 11.4 Å². The predicted molar refractivity (Wildman–Crippen MR) is 123 cm³/mol. The molecule has 0 radical (unpaired) electrons. The summed E-state index contributed by atoms with van der Waals surface area (Å²) in [5.41, 5.74) is 17.6. The van der Waals surface area contributed by atoms with Crippen molar-refractivity contribution in [3.8, 4) is 11.1 Å². The van der Waals surface area contributed by atoms with Gasteiger partial charge in [0.05, 0.1) is 0 Å². The Balaban J connectivity index is 0.000000161. The topological polar surface area (TPSA) is 52.0 Å². The number of benzene rings is 4. The molecular formula is C26H24N2. The molecule has 28 heavy (non-hydrogen) atoms. The largest absolute Gasteiger partial charge is 0.399 e. The van der Waals surface area contributed by atoms with E-state index in [1.807, 2.05) is 84.9 Å². The van der Waals surface area contributed by atoms with Crippen LogP contribution in [0.15, 0.2) is 109 Å². The second-order valence-electron chi connectivity index (χ2n) is 6.40. The van der Waals surface area contributed by atoms with Crippen LogP contribution >= 0.6 is 0 Å². The van der Waals surface area contributed by atoms with Crippen molar-refractivity contribution in [1.82, 2.24) is 0 Å². The monoisotopic (exact) mass is 364 g/mol. The molecule has 138 valence electrons. The summed E-state index contributed by atoms with van der Waals surface area (Å²) < 4.78 is 0. The van der Waals surface area contributed by atoms with Crippen molar-refractivity contribution < 1.29 is 0 Å². The van der Waals surface area contributed by atoms with Crippen LogP contribution in [0, 0.1) is 0 Å². The van der Waals surface area contributed by atoms with E-state index >= 15 is 0 Å². The highest BCUT2D eigenvalue weighted by Gasteiger charge is 1.96. The van der Waals surface area contributed by atoms with E-state index < -0.39 is 0 Å². The molecule has 0 bridgehead atoms. The molecular weight excluding hydrogens is 340 g/mol. The molecule has 0 aliphatic carbocycles. The molecule has 0 heterocycles. The molecule has 0 amide bonds. The first-order valence-electron chi connectivity index (χ1n) is 9.20. The molecule has 4 N–H and O–H groups in total. The van der Waals surface area contributed by atoms with Crippen LogP contribution in [0.2, 0.25) is 0 Å². The van der Waals surface area contributed by atoms with Gasteiger partial charge in [-0.1, -0.05) is 97.1 Å². The highest BCUT2D eigenvalue weighted by Crippen LogP contribution is 2.21. The zero-order valence-electron chi connectivity index (χ0n) is 15.7. The molecule has 0 saturated heterocycles. The fourth-order valence-electron chi connectivity index (χ4n) is 2.67. The second-order valence-corrected chi connectivity index (χ2v) is 6.40. The number of nitrogens with two attached hydrogens (primary N) is 2. The van der Waals surface area contributed by atoms with Gasteiger partial charge < -0.3 is 11.5 Å². The van der Waals surface area contributed by atoms with Crippen molar-refractivity contribution in [3.05, 3.63) is 120 Å². The van der Waals surface area contributed by atoms with Crippen LogP contribution in [0.5, 0.6) is 0 Å². The van der Waals surface area contributed by atoms with Gasteiger partial charge >= 0.3 is 0 Å². The van der Waals surface area contributed by atoms with Crippen molar-refractivity contribution in [1.29, 1.82) is 0 Å². The van der Waals surface area contributed by atoms with Crippen molar-refractivity contribution in [2.45, 2.75) is 0 Å². The van der Waals surface area contributed by atoms with Gasteiger partial charge in [-0.3, -0.25) is 0 Å². The fraction of sp³-hybridized carbons (Fsp3) is 0. The standard InChI is InChI=1S/C14H12.C12H12N2/c1-3-7-13(8-4-1)11-12-14-9-5-2-6-10-14;13-11-5-1-9(2-6-11)10-3-7-12(14)8-4-10/h1-12H;1-8H,13-14H2. The van der Waals surface area contributed by atoms with Crippen LogP contribution in [0.1, 0.15) is 11.1 Å². The summed E-state index contributed by atoms with van der Waals surface area (Å²) in [6.45, 7) is 0. The predicted octanol–water partition coefficient (Wildman–Crippen LogP) is 6.38. The molecule has 0 aliphatic heterocycles. The average Bonchev–Trinajstić information content (AvgIpc) is 2.75. The Kier molecular flexibility index (Phi) is 6.64. The maximum atomic E-state index is 5.61. The van der Waals surface area contributed by atoms with Crippen LogP contribution in [-0.4, -0.2) is 0 Å². The minimum absolute atomic E-state index is 0.782. The Labute approximate surface area is 166 Å². The van der Waals surface area contributed by atoms with E-state index in [1.165, 1.54) is 11.1 Å². The first-order valence-corrected chi connectivity index (χ1v) is 9.20. The van der Waals surface area contributed by atoms with Crippen LogP contribution in [-0.2, 0) is 0 Å². The van der Waals surface area contributed by atoms with E-state index in [2.05, 4.69) is 36.4 Å². The van der Waals surface area contributed by atoms with E-state index in [4.69, 9.17) is 11.5 Å². The molecule has 4 rings (SSSR count). The second kappa shape index (κ2) is 9.79. The van der Waals surface area contributed by atoms with E-state index in [0.29, 0.717) is 0 Å². The minimum Gasteiger partial charge on any atom is -0.399 e. The lowest BCUT2D eigenvalue weighted by Crippen LogP contribution is -1.85. The fourth-order valence-corrected chi connectivity index (χ4v) is 2.67. The number of rotatable bonds is 3. The van der Waals surface area contributed by atoms with Crippen molar-refractivity contribution >= 4 is 23.5 Å². The smallest absolute Gasteiger partial charge is 0.0314 e. The lowest BCUT2D eigenvalue weighted by atomic mass is 10.1. The summed E-state index contributed by atoms with van der Waals surface area (Å²) in [4.78, 5) is 0.